The second kappa shape index (κ2) is 7.99. The highest BCUT2D eigenvalue weighted by molar-refractivity contribution is 5.91. The van der Waals surface area contributed by atoms with E-state index in [0.29, 0.717) is 17.9 Å². The van der Waals surface area contributed by atoms with Gasteiger partial charge in [0, 0.05) is 5.70 Å². The van der Waals surface area contributed by atoms with Gasteiger partial charge in [-0.05, 0) is 44.3 Å². The lowest BCUT2D eigenvalue weighted by Gasteiger charge is -2.23. The summed E-state index contributed by atoms with van der Waals surface area (Å²) in [6.45, 7) is 10.2. The SMILES string of the molecule is CCOC(=O)/C(=C(\C)N)[C@H](N)C1=CC(C)/C(=C(\C)CC)C=C1. The van der Waals surface area contributed by atoms with Crippen molar-refractivity contribution < 1.29 is 9.53 Å². The van der Waals surface area contributed by atoms with Crippen LogP contribution in [0.5, 0.6) is 0 Å². The van der Waals surface area contributed by atoms with Crippen LogP contribution in [-0.2, 0) is 9.53 Å². The summed E-state index contributed by atoms with van der Waals surface area (Å²) in [5.74, 6) is -0.171. The van der Waals surface area contributed by atoms with Crippen LogP contribution < -0.4 is 11.5 Å². The second-order valence-corrected chi connectivity index (χ2v) is 5.67. The van der Waals surface area contributed by atoms with Crippen molar-refractivity contribution in [1.82, 2.24) is 0 Å². The van der Waals surface area contributed by atoms with Crippen LogP contribution in [0.15, 0.2) is 46.2 Å². The molecule has 0 saturated carbocycles. The van der Waals surface area contributed by atoms with Crippen LogP contribution >= 0.6 is 0 Å². The molecule has 0 spiro atoms. The molecule has 1 unspecified atom stereocenters. The molecule has 0 bridgehead atoms. The molecule has 0 aromatic rings. The highest BCUT2D eigenvalue weighted by Crippen LogP contribution is 2.28. The molecule has 0 aromatic heterocycles. The largest absolute Gasteiger partial charge is 0.463 e. The molecule has 0 fully saturated rings. The van der Waals surface area contributed by atoms with Gasteiger partial charge < -0.3 is 16.2 Å². The van der Waals surface area contributed by atoms with E-state index in [-0.39, 0.29) is 5.92 Å². The lowest BCUT2D eigenvalue weighted by atomic mass is 9.85. The monoisotopic (exact) mass is 304 g/mol. The molecule has 0 amide bonds. The average molecular weight is 304 g/mol. The Labute approximate surface area is 133 Å². The number of carbonyl (C=O) groups excluding carboxylic acids is 1. The van der Waals surface area contributed by atoms with Crippen molar-refractivity contribution in [3.05, 3.63) is 46.2 Å². The first kappa shape index (κ1) is 18.2. The van der Waals surface area contributed by atoms with E-state index in [1.165, 1.54) is 11.1 Å². The molecule has 1 aliphatic rings. The van der Waals surface area contributed by atoms with Crippen LogP contribution in [0.4, 0.5) is 0 Å². The maximum Gasteiger partial charge on any atom is 0.337 e. The van der Waals surface area contributed by atoms with Crippen molar-refractivity contribution in [2.75, 3.05) is 6.61 Å². The minimum Gasteiger partial charge on any atom is -0.463 e. The molecular formula is C18H28N2O2. The zero-order valence-electron chi connectivity index (χ0n) is 14.3. The van der Waals surface area contributed by atoms with Crippen molar-refractivity contribution in [3.63, 3.8) is 0 Å². The van der Waals surface area contributed by atoms with Gasteiger partial charge in [0.25, 0.3) is 0 Å². The van der Waals surface area contributed by atoms with Gasteiger partial charge in [0.2, 0.25) is 0 Å². The van der Waals surface area contributed by atoms with E-state index < -0.39 is 12.0 Å². The Hall–Kier alpha value is -1.81. The third kappa shape index (κ3) is 4.10. The van der Waals surface area contributed by atoms with E-state index in [1.54, 1.807) is 13.8 Å². The first-order chi connectivity index (χ1) is 10.3. The Morgan fingerprint density at radius 2 is 1.95 bits per heavy atom. The predicted molar refractivity (Wildman–Crippen MR) is 90.9 cm³/mol. The van der Waals surface area contributed by atoms with Gasteiger partial charge in [0.1, 0.15) is 0 Å². The fourth-order valence-corrected chi connectivity index (χ4v) is 2.62. The predicted octanol–water partition coefficient (Wildman–Crippen LogP) is 2.97. The van der Waals surface area contributed by atoms with Crippen molar-refractivity contribution in [3.8, 4) is 0 Å². The van der Waals surface area contributed by atoms with Gasteiger partial charge in [0.15, 0.2) is 0 Å². The molecule has 0 heterocycles. The zero-order chi connectivity index (χ0) is 16.9. The Morgan fingerprint density at radius 1 is 1.32 bits per heavy atom. The summed E-state index contributed by atoms with van der Waals surface area (Å²) in [6, 6.07) is -0.564. The van der Waals surface area contributed by atoms with Gasteiger partial charge in [-0.3, -0.25) is 0 Å². The molecule has 0 aliphatic heterocycles. The summed E-state index contributed by atoms with van der Waals surface area (Å²) in [4.78, 5) is 12.1. The van der Waals surface area contributed by atoms with Crippen molar-refractivity contribution in [1.29, 1.82) is 0 Å². The average Bonchev–Trinajstić information content (AvgIpc) is 2.46. The Bertz CT molecular complexity index is 549. The van der Waals surface area contributed by atoms with Crippen LogP contribution in [0.3, 0.4) is 0 Å². The summed E-state index contributed by atoms with van der Waals surface area (Å²) in [5.41, 5.74) is 16.4. The highest BCUT2D eigenvalue weighted by atomic mass is 16.5. The van der Waals surface area contributed by atoms with Crippen LogP contribution in [-0.4, -0.2) is 18.6 Å². The van der Waals surface area contributed by atoms with E-state index in [1.807, 2.05) is 6.08 Å². The van der Waals surface area contributed by atoms with Crippen LogP contribution in [0, 0.1) is 5.92 Å². The maximum absolute atomic E-state index is 12.1. The Kier molecular flexibility index (Phi) is 6.62. The molecule has 122 valence electrons. The molecule has 0 radical (unpaired) electrons. The van der Waals surface area contributed by atoms with Gasteiger partial charge >= 0.3 is 5.97 Å². The Morgan fingerprint density at radius 3 is 2.41 bits per heavy atom. The molecule has 0 aromatic carbocycles. The number of carbonyl (C=O) groups is 1. The van der Waals surface area contributed by atoms with Gasteiger partial charge in [-0.2, -0.15) is 0 Å². The third-order valence-electron chi connectivity index (χ3n) is 4.00. The van der Waals surface area contributed by atoms with E-state index in [9.17, 15) is 4.79 Å². The Balaban J connectivity index is 3.09. The lowest BCUT2D eigenvalue weighted by molar-refractivity contribution is -0.138. The van der Waals surface area contributed by atoms with E-state index in [0.717, 1.165) is 12.0 Å². The van der Waals surface area contributed by atoms with Crippen LogP contribution in [0.2, 0.25) is 0 Å². The lowest BCUT2D eigenvalue weighted by Crippen LogP contribution is -2.33. The molecule has 0 saturated heterocycles. The molecule has 22 heavy (non-hydrogen) atoms. The molecule has 4 nitrogen and oxygen atoms in total. The minimum atomic E-state index is -0.564. The topological polar surface area (TPSA) is 78.3 Å². The quantitative estimate of drug-likeness (QED) is 0.604. The number of ether oxygens (including phenoxy) is 1. The fourth-order valence-electron chi connectivity index (χ4n) is 2.62. The van der Waals surface area contributed by atoms with E-state index >= 15 is 0 Å². The number of esters is 1. The van der Waals surface area contributed by atoms with Gasteiger partial charge in [-0.1, -0.05) is 37.6 Å². The second-order valence-electron chi connectivity index (χ2n) is 5.67. The molecule has 1 aliphatic carbocycles. The number of nitrogens with two attached hydrogens (primary N) is 2. The smallest absolute Gasteiger partial charge is 0.337 e. The molecule has 1 rings (SSSR count). The number of hydrogen-bond donors (Lipinski definition) is 2. The van der Waals surface area contributed by atoms with Crippen LogP contribution in [0.1, 0.15) is 41.0 Å². The van der Waals surface area contributed by atoms with Gasteiger partial charge in [-0.15, -0.1) is 0 Å². The van der Waals surface area contributed by atoms with Gasteiger partial charge in [-0.25, -0.2) is 4.79 Å². The van der Waals surface area contributed by atoms with E-state index in [2.05, 4.69) is 32.9 Å². The molecule has 4 N–H and O–H groups in total. The number of hydrogen-bond acceptors (Lipinski definition) is 4. The van der Waals surface area contributed by atoms with Crippen molar-refractivity contribution >= 4 is 5.97 Å². The summed E-state index contributed by atoms with van der Waals surface area (Å²) in [6.07, 6.45) is 7.19. The fraction of sp³-hybridized carbons (Fsp3) is 0.500. The third-order valence-corrected chi connectivity index (χ3v) is 4.00. The summed E-state index contributed by atoms with van der Waals surface area (Å²) in [7, 11) is 0. The summed E-state index contributed by atoms with van der Waals surface area (Å²) in [5, 5.41) is 0. The standard InChI is InChI=1S/C18H28N2O2/c1-6-11(3)15-9-8-14(10-12(15)4)17(20)16(13(5)19)18(21)22-7-2/h8-10,12,17H,6-7,19-20H2,1-5H3/b15-11+,16-13+/t12?,17-/m1/s1. The molecular weight excluding hydrogens is 276 g/mol. The summed E-state index contributed by atoms with van der Waals surface area (Å²) < 4.78 is 5.06. The van der Waals surface area contributed by atoms with Gasteiger partial charge in [0.05, 0.1) is 18.2 Å². The first-order valence-electron chi connectivity index (χ1n) is 7.81. The molecule has 4 heteroatoms. The van der Waals surface area contributed by atoms with Crippen LogP contribution in [0.25, 0.3) is 0 Å². The number of allylic oxidation sites excluding steroid dienone is 5. The zero-order valence-corrected chi connectivity index (χ0v) is 14.3. The highest BCUT2D eigenvalue weighted by Gasteiger charge is 2.25. The van der Waals surface area contributed by atoms with Crippen molar-refractivity contribution in [2.45, 2.75) is 47.1 Å². The maximum atomic E-state index is 12.1. The number of rotatable bonds is 5. The summed E-state index contributed by atoms with van der Waals surface area (Å²) >= 11 is 0. The first-order valence-corrected chi connectivity index (χ1v) is 7.81. The van der Waals surface area contributed by atoms with E-state index in [4.69, 9.17) is 16.2 Å². The normalized spacial score (nSPS) is 22.6. The minimum absolute atomic E-state index is 0.271. The van der Waals surface area contributed by atoms with Crippen molar-refractivity contribution in [2.24, 2.45) is 17.4 Å². The molecule has 2 atom stereocenters.